The number of benzene rings is 1. The number of aryl methyl sites for hydroxylation is 2. The van der Waals surface area contributed by atoms with E-state index in [1.165, 1.54) is 0 Å². The molecule has 7 nitrogen and oxygen atoms in total. The summed E-state index contributed by atoms with van der Waals surface area (Å²) >= 11 is 0. The molecule has 4 aromatic rings. The second-order valence-electron chi connectivity index (χ2n) is 7.25. The first-order valence-electron chi connectivity index (χ1n) is 9.49. The minimum absolute atomic E-state index is 0.0269. The number of likely N-dealkylation sites (tertiary alicyclic amines) is 1. The zero-order chi connectivity index (χ0) is 20.1. The Labute approximate surface area is 166 Å². The third-order valence-electron chi connectivity index (χ3n) is 5.50. The van der Waals surface area contributed by atoms with Crippen LogP contribution in [0.4, 0.5) is 0 Å². The molecule has 0 bridgehead atoms. The van der Waals surface area contributed by atoms with Gasteiger partial charge in [-0.15, -0.1) is 0 Å². The van der Waals surface area contributed by atoms with Crippen LogP contribution < -0.4 is 4.74 Å². The zero-order valence-electron chi connectivity index (χ0n) is 16.1. The summed E-state index contributed by atoms with van der Waals surface area (Å²) in [6.45, 7) is 5.27. The number of amides is 1. The average Bonchev–Trinajstić information content (AvgIpc) is 3.16. The van der Waals surface area contributed by atoms with E-state index in [9.17, 15) is 9.59 Å². The van der Waals surface area contributed by atoms with E-state index >= 15 is 0 Å². The molecule has 1 aliphatic heterocycles. The summed E-state index contributed by atoms with van der Waals surface area (Å²) in [6.07, 6.45) is 5.24. The molecule has 4 heterocycles. The van der Waals surface area contributed by atoms with Crippen molar-refractivity contribution >= 4 is 28.7 Å². The molecule has 0 atom stereocenters. The van der Waals surface area contributed by atoms with Crippen LogP contribution in [-0.2, 0) is 0 Å². The van der Waals surface area contributed by atoms with Gasteiger partial charge in [0.1, 0.15) is 22.6 Å². The van der Waals surface area contributed by atoms with Gasteiger partial charge >= 0.3 is 0 Å². The Hall–Kier alpha value is -3.61. The summed E-state index contributed by atoms with van der Waals surface area (Å²) in [5.74, 6) is 1.78. The number of hydrogen-bond donors (Lipinski definition) is 0. The maximum Gasteiger partial charge on any atom is 0.255 e. The molecule has 0 N–H and O–H groups in total. The molecule has 0 aliphatic carbocycles. The van der Waals surface area contributed by atoms with Gasteiger partial charge in [0.15, 0.2) is 12.0 Å². The Kier molecular flexibility index (Phi) is 3.91. The van der Waals surface area contributed by atoms with Crippen molar-refractivity contribution in [2.45, 2.75) is 20.3 Å². The lowest BCUT2D eigenvalue weighted by atomic mass is 10.1. The molecule has 0 saturated carbocycles. The third kappa shape index (κ3) is 2.69. The quantitative estimate of drug-likeness (QED) is 0.490. The van der Waals surface area contributed by atoms with Crippen molar-refractivity contribution in [1.82, 2.24) is 14.5 Å². The van der Waals surface area contributed by atoms with Crippen LogP contribution in [0.2, 0.25) is 0 Å². The fraction of sp³-hybridized carbons (Fsp3) is 0.227. The van der Waals surface area contributed by atoms with E-state index in [-0.39, 0.29) is 5.91 Å². The van der Waals surface area contributed by atoms with Crippen molar-refractivity contribution in [3.63, 3.8) is 0 Å². The van der Waals surface area contributed by atoms with Gasteiger partial charge in [-0.3, -0.25) is 9.59 Å². The molecule has 7 heteroatoms. The normalized spacial score (nSPS) is 13.7. The molecule has 1 saturated heterocycles. The van der Waals surface area contributed by atoms with E-state index in [1.807, 2.05) is 17.9 Å². The summed E-state index contributed by atoms with van der Waals surface area (Å²) in [5, 5.41) is 5.09. The van der Waals surface area contributed by atoms with Crippen LogP contribution in [0.1, 0.15) is 38.5 Å². The summed E-state index contributed by atoms with van der Waals surface area (Å²) in [5.41, 5.74) is 3.37. The maximum atomic E-state index is 12.7. The maximum absolute atomic E-state index is 12.7. The fourth-order valence-corrected chi connectivity index (χ4v) is 3.77. The second kappa shape index (κ2) is 6.48. The second-order valence-corrected chi connectivity index (χ2v) is 7.25. The predicted octanol–water partition coefficient (Wildman–Crippen LogP) is 4.15. The first kappa shape index (κ1) is 17.5. The van der Waals surface area contributed by atoms with Crippen molar-refractivity contribution in [3.8, 4) is 11.5 Å². The van der Waals surface area contributed by atoms with Crippen LogP contribution in [-0.4, -0.2) is 39.8 Å². The lowest BCUT2D eigenvalue weighted by Crippen LogP contribution is -2.42. The number of aromatic nitrogens is 2. The molecule has 0 unspecified atom stereocenters. The summed E-state index contributed by atoms with van der Waals surface area (Å²) in [7, 11) is 0. The molecule has 146 valence electrons. The fourth-order valence-electron chi connectivity index (χ4n) is 3.77. The van der Waals surface area contributed by atoms with Gasteiger partial charge in [-0.25, -0.2) is 4.52 Å². The number of ether oxygens (including phenoxy) is 1. The van der Waals surface area contributed by atoms with E-state index in [0.29, 0.717) is 34.0 Å². The van der Waals surface area contributed by atoms with Gasteiger partial charge < -0.3 is 14.1 Å². The van der Waals surface area contributed by atoms with Gasteiger partial charge in [0.25, 0.3) is 5.91 Å². The molecule has 1 aromatic carbocycles. The van der Waals surface area contributed by atoms with Gasteiger partial charge in [-0.05, 0) is 38.0 Å². The van der Waals surface area contributed by atoms with Crippen molar-refractivity contribution in [3.05, 3.63) is 59.1 Å². The predicted molar refractivity (Wildman–Crippen MR) is 107 cm³/mol. The third-order valence-corrected chi connectivity index (χ3v) is 5.50. The smallest absolute Gasteiger partial charge is 0.255 e. The van der Waals surface area contributed by atoms with Crippen LogP contribution in [0.25, 0.3) is 16.5 Å². The molecule has 0 radical (unpaired) electrons. The summed E-state index contributed by atoms with van der Waals surface area (Å²) in [4.78, 5) is 25.8. The van der Waals surface area contributed by atoms with E-state index in [0.717, 1.165) is 42.3 Å². The largest absolute Gasteiger partial charge is 0.460 e. The summed E-state index contributed by atoms with van der Waals surface area (Å²) < 4.78 is 13.5. The van der Waals surface area contributed by atoms with Crippen LogP contribution in [0.5, 0.6) is 11.5 Å². The van der Waals surface area contributed by atoms with Crippen molar-refractivity contribution in [2.75, 3.05) is 13.1 Å². The number of nitrogens with zero attached hydrogens (tertiary/aromatic N) is 3. The first-order chi connectivity index (χ1) is 14.1. The van der Waals surface area contributed by atoms with Gasteiger partial charge in [-0.2, -0.15) is 5.10 Å². The van der Waals surface area contributed by atoms with E-state index in [4.69, 9.17) is 9.15 Å². The molecule has 29 heavy (non-hydrogen) atoms. The molecule has 3 aromatic heterocycles. The number of carbonyl (C=O) groups is 2. The van der Waals surface area contributed by atoms with Crippen molar-refractivity contribution < 1.29 is 18.7 Å². The van der Waals surface area contributed by atoms with Crippen LogP contribution in [0, 0.1) is 13.8 Å². The lowest BCUT2D eigenvalue weighted by Gasteiger charge is -2.30. The van der Waals surface area contributed by atoms with Crippen LogP contribution in [0.15, 0.2) is 41.1 Å². The molecule has 1 aliphatic rings. The average molecular weight is 389 g/mol. The lowest BCUT2D eigenvalue weighted by molar-refractivity contribution is 0.0651. The van der Waals surface area contributed by atoms with Gasteiger partial charge in [0.2, 0.25) is 0 Å². The first-order valence-corrected chi connectivity index (χ1v) is 9.49. The Morgan fingerprint density at radius 1 is 1.24 bits per heavy atom. The monoisotopic (exact) mass is 389 g/mol. The number of aldehydes is 1. The molecule has 1 amide bonds. The SMILES string of the molecule is Cc1oc2cc(Oc3ccnn4cc(C(=O)N5CCC5)c(C)c34)ccc2c1C=O. The van der Waals surface area contributed by atoms with E-state index in [2.05, 4.69) is 5.10 Å². The number of hydrogen-bond acceptors (Lipinski definition) is 5. The number of carbonyl (C=O) groups excluding carboxylic acids is 2. The van der Waals surface area contributed by atoms with Crippen LogP contribution in [0.3, 0.4) is 0 Å². The van der Waals surface area contributed by atoms with Crippen molar-refractivity contribution in [1.29, 1.82) is 0 Å². The molecular weight excluding hydrogens is 370 g/mol. The van der Waals surface area contributed by atoms with Gasteiger partial charge in [0, 0.05) is 36.8 Å². The number of fused-ring (bicyclic) bond motifs is 2. The minimum atomic E-state index is 0.0269. The van der Waals surface area contributed by atoms with E-state index < -0.39 is 0 Å². The number of furan rings is 1. The van der Waals surface area contributed by atoms with Crippen LogP contribution >= 0.6 is 0 Å². The highest BCUT2D eigenvalue weighted by Gasteiger charge is 2.26. The Balaban J connectivity index is 1.55. The highest BCUT2D eigenvalue weighted by molar-refractivity contribution is 5.99. The molecular formula is C22H19N3O4. The molecule has 1 fully saturated rings. The Bertz CT molecular complexity index is 1280. The molecule has 0 spiro atoms. The highest BCUT2D eigenvalue weighted by atomic mass is 16.5. The Morgan fingerprint density at radius 2 is 2.07 bits per heavy atom. The molecule has 5 rings (SSSR count). The summed E-state index contributed by atoms with van der Waals surface area (Å²) in [6, 6.07) is 7.14. The highest BCUT2D eigenvalue weighted by Crippen LogP contribution is 2.34. The van der Waals surface area contributed by atoms with Gasteiger partial charge in [0.05, 0.1) is 17.3 Å². The standard InChI is InChI=1S/C22H19N3O4/c1-13-17(22(27)24-8-3-9-24)11-25-21(13)19(6-7-23-25)29-15-4-5-16-18(12-26)14(2)28-20(16)10-15/h4-7,10-12H,3,8-9H2,1-2H3. The minimum Gasteiger partial charge on any atom is -0.460 e. The topological polar surface area (TPSA) is 77.1 Å². The van der Waals surface area contributed by atoms with Gasteiger partial charge in [-0.1, -0.05) is 0 Å². The van der Waals surface area contributed by atoms with Crippen molar-refractivity contribution in [2.24, 2.45) is 0 Å². The zero-order valence-corrected chi connectivity index (χ0v) is 16.1. The van der Waals surface area contributed by atoms with E-state index in [1.54, 1.807) is 42.0 Å². The Morgan fingerprint density at radius 3 is 2.79 bits per heavy atom. The number of rotatable bonds is 4.